The van der Waals surface area contributed by atoms with E-state index >= 15 is 0 Å². The number of ketones is 1. The van der Waals surface area contributed by atoms with Crippen molar-refractivity contribution < 1.29 is 11.6 Å². The topological polar surface area (TPSA) is 63.9 Å². The molecule has 1 aromatic heterocycles. The summed E-state index contributed by atoms with van der Waals surface area (Å²) in [6.07, 6.45) is 1.52. The van der Waals surface area contributed by atoms with Crippen molar-refractivity contribution >= 4 is 11.4 Å². The molecular weight excluding hydrogens is 302 g/mol. The van der Waals surface area contributed by atoms with Crippen molar-refractivity contribution in [2.24, 2.45) is 0 Å². The number of benzene rings is 2. The number of carbonyl (C=O) groups excluding carboxylic acids is 1. The Morgan fingerprint density at radius 2 is 1.88 bits per heavy atom. The first-order valence-electron chi connectivity index (χ1n) is 9.58. The molecule has 0 radical (unpaired) electrons. The Balaban J connectivity index is 2.25. The van der Waals surface area contributed by atoms with E-state index in [1.54, 1.807) is 49.3 Å². The zero-order valence-electron chi connectivity index (χ0n) is 18.1. The summed E-state index contributed by atoms with van der Waals surface area (Å²) in [5.41, 5.74) is 0.274. The Kier molecular flexibility index (Phi) is 3.00. The van der Waals surface area contributed by atoms with Crippen LogP contribution >= 0.6 is 0 Å². The summed E-state index contributed by atoms with van der Waals surface area (Å²) in [6, 6.07) is 6.00. The average Bonchev–Trinajstić information content (AvgIpc) is 3.18. The highest BCUT2D eigenvalue weighted by Crippen LogP contribution is 2.20. The van der Waals surface area contributed by atoms with Gasteiger partial charge in [-0.25, -0.2) is 0 Å². The molecule has 0 saturated carbocycles. The van der Waals surface area contributed by atoms with Gasteiger partial charge >= 0.3 is 0 Å². The molecule has 3 aromatic rings. The van der Waals surface area contributed by atoms with E-state index in [2.05, 4.69) is 15.5 Å². The van der Waals surface area contributed by atoms with Gasteiger partial charge in [-0.2, -0.15) is 4.68 Å². The Morgan fingerprint density at radius 3 is 2.54 bits per heavy atom. The normalized spacial score (nSPS) is 14.2. The number of carbonyl (C=O) groups is 1. The van der Waals surface area contributed by atoms with E-state index < -0.39 is 30.2 Å². The number of hydrogen-bond acceptors (Lipinski definition) is 5. The molecule has 0 aliphatic heterocycles. The lowest BCUT2D eigenvalue weighted by Crippen LogP contribution is -2.13. The molecule has 24 heavy (non-hydrogen) atoms. The van der Waals surface area contributed by atoms with Crippen LogP contribution in [0.3, 0.4) is 0 Å². The maximum Gasteiger partial charge on any atom is 0.198 e. The van der Waals surface area contributed by atoms with Crippen LogP contribution in [0, 0.1) is 0 Å². The predicted molar refractivity (Wildman–Crippen MR) is 91.6 cm³/mol. The van der Waals surface area contributed by atoms with Crippen molar-refractivity contribution in [1.29, 1.82) is 0 Å². The molecule has 6 heteroatoms. The number of hydrogen-bond donors (Lipinski definition) is 0. The van der Waals surface area contributed by atoms with Gasteiger partial charge in [-0.1, -0.05) is 48.5 Å². The lowest BCUT2D eigenvalue weighted by molar-refractivity contribution is 0.105. The lowest BCUT2D eigenvalue weighted by Gasteiger charge is -2.11. The van der Waals surface area contributed by atoms with Gasteiger partial charge in [0.05, 0.1) is 18.1 Å². The summed E-state index contributed by atoms with van der Waals surface area (Å²) in [7, 11) is 3.44. The molecule has 120 valence electrons. The standard InChI is InChI=1S/C18H17N5O/c1-22(2)13-16(17(24)14-9-5-3-6-10-14)18-19-20-21-23(18)15-11-7-4-8-12-15/h3-13H,1-2H3/b16-13+/i4D,7D,8D,11D,12D. The van der Waals surface area contributed by atoms with Gasteiger partial charge in [0.25, 0.3) is 0 Å². The molecule has 0 atom stereocenters. The minimum atomic E-state index is -0.525. The van der Waals surface area contributed by atoms with Crippen LogP contribution in [0.5, 0.6) is 0 Å². The van der Waals surface area contributed by atoms with Gasteiger partial charge in [-0.3, -0.25) is 4.79 Å². The monoisotopic (exact) mass is 324 g/mol. The van der Waals surface area contributed by atoms with Crippen LogP contribution in [0.4, 0.5) is 0 Å². The second-order valence-electron chi connectivity index (χ2n) is 5.09. The van der Waals surface area contributed by atoms with E-state index in [4.69, 9.17) is 6.85 Å². The van der Waals surface area contributed by atoms with E-state index in [1.165, 1.54) is 6.20 Å². The molecule has 0 fully saturated rings. The van der Waals surface area contributed by atoms with Crippen LogP contribution in [-0.4, -0.2) is 45.0 Å². The summed E-state index contributed by atoms with van der Waals surface area (Å²) < 4.78 is 40.8. The molecule has 0 aliphatic rings. The largest absolute Gasteiger partial charge is 0.383 e. The SMILES string of the molecule is [2H]c1c([2H])c([2H])c(-n2nnnc2/C(=C/N(C)C)C(=O)c2ccccc2)c([2H])c1[2H]. The first-order valence-corrected chi connectivity index (χ1v) is 7.08. The molecule has 0 N–H and O–H groups in total. The summed E-state index contributed by atoms with van der Waals surface area (Å²) in [5.74, 6) is -0.409. The van der Waals surface area contributed by atoms with Crippen LogP contribution in [0.2, 0.25) is 0 Å². The van der Waals surface area contributed by atoms with Crippen LogP contribution in [0.15, 0.2) is 66.7 Å². The first-order chi connectivity index (χ1) is 13.7. The quantitative estimate of drug-likeness (QED) is 0.533. The number of nitrogens with zero attached hydrogens (tertiary/aromatic N) is 5. The molecule has 0 bridgehead atoms. The predicted octanol–water partition coefficient (Wildman–Crippen LogP) is 2.45. The highest BCUT2D eigenvalue weighted by molar-refractivity contribution is 6.28. The number of rotatable bonds is 5. The van der Waals surface area contributed by atoms with Gasteiger partial charge in [0.1, 0.15) is 0 Å². The fraction of sp³-hybridized carbons (Fsp3) is 0.111. The van der Waals surface area contributed by atoms with Crippen molar-refractivity contribution in [3.8, 4) is 5.69 Å². The van der Waals surface area contributed by atoms with E-state index in [9.17, 15) is 4.79 Å². The summed E-state index contributed by atoms with van der Waals surface area (Å²) >= 11 is 0. The first kappa shape index (κ1) is 10.5. The number of tetrazole rings is 1. The van der Waals surface area contributed by atoms with E-state index in [0.717, 1.165) is 4.68 Å². The molecule has 0 unspecified atom stereocenters. The Bertz CT molecular complexity index is 1080. The van der Waals surface area contributed by atoms with Crippen LogP contribution < -0.4 is 0 Å². The van der Waals surface area contributed by atoms with E-state index in [0.29, 0.717) is 5.56 Å². The molecule has 1 heterocycles. The Morgan fingerprint density at radius 1 is 1.17 bits per heavy atom. The molecule has 3 rings (SSSR count). The lowest BCUT2D eigenvalue weighted by atomic mass is 10.0. The maximum absolute atomic E-state index is 13.1. The van der Waals surface area contributed by atoms with Crippen molar-refractivity contribution in [2.45, 2.75) is 0 Å². The third-order valence-corrected chi connectivity index (χ3v) is 3.08. The molecule has 0 aliphatic carbocycles. The highest BCUT2D eigenvalue weighted by Gasteiger charge is 2.21. The fourth-order valence-electron chi connectivity index (χ4n) is 2.08. The summed E-state index contributed by atoms with van der Waals surface area (Å²) in [4.78, 5) is 14.8. The van der Waals surface area contributed by atoms with Gasteiger partial charge in [0.15, 0.2) is 11.6 Å². The number of allylic oxidation sites excluding steroid dienone is 1. The van der Waals surface area contributed by atoms with Gasteiger partial charge in [-0.05, 0) is 22.5 Å². The molecule has 6 nitrogen and oxygen atoms in total. The molecular formula is C18H17N5O. The minimum absolute atomic E-state index is 0.0360. The second-order valence-corrected chi connectivity index (χ2v) is 5.09. The van der Waals surface area contributed by atoms with Gasteiger partial charge in [-0.15, -0.1) is 5.10 Å². The number of Topliss-reactive ketones (excluding diaryl/α,β-unsaturated/α-hetero) is 1. The number of para-hydroxylation sites is 1. The van der Waals surface area contributed by atoms with Crippen molar-refractivity contribution in [3.05, 3.63) is 78.1 Å². The minimum Gasteiger partial charge on any atom is -0.383 e. The highest BCUT2D eigenvalue weighted by atomic mass is 16.1. The van der Waals surface area contributed by atoms with Crippen molar-refractivity contribution in [1.82, 2.24) is 25.1 Å². The summed E-state index contributed by atoms with van der Waals surface area (Å²) in [5, 5.41) is 11.3. The average molecular weight is 324 g/mol. The van der Waals surface area contributed by atoms with Crippen LogP contribution in [0.25, 0.3) is 11.3 Å². The van der Waals surface area contributed by atoms with Crippen molar-refractivity contribution in [3.63, 3.8) is 0 Å². The van der Waals surface area contributed by atoms with Gasteiger partial charge < -0.3 is 4.90 Å². The Hall–Kier alpha value is -3.28. The molecule has 0 spiro atoms. The zero-order chi connectivity index (χ0) is 21.3. The Labute approximate surface area is 147 Å². The molecule has 0 saturated heterocycles. The summed E-state index contributed by atoms with van der Waals surface area (Å²) in [6.45, 7) is 0. The maximum atomic E-state index is 13.1. The fourth-order valence-corrected chi connectivity index (χ4v) is 2.08. The van der Waals surface area contributed by atoms with Gasteiger partial charge in [0.2, 0.25) is 0 Å². The third-order valence-electron chi connectivity index (χ3n) is 3.08. The third kappa shape index (κ3) is 3.22. The zero-order valence-corrected chi connectivity index (χ0v) is 13.1. The van der Waals surface area contributed by atoms with Crippen LogP contribution in [0.1, 0.15) is 23.0 Å². The smallest absolute Gasteiger partial charge is 0.198 e. The number of aromatic nitrogens is 4. The van der Waals surface area contributed by atoms with Crippen molar-refractivity contribution in [2.75, 3.05) is 14.1 Å². The second kappa shape index (κ2) is 6.87. The molecule has 2 aromatic carbocycles. The van der Waals surface area contributed by atoms with Crippen LogP contribution in [-0.2, 0) is 0 Å². The molecule has 0 amide bonds. The van der Waals surface area contributed by atoms with Gasteiger partial charge in [0, 0.05) is 25.9 Å². The van der Waals surface area contributed by atoms with E-state index in [-0.39, 0.29) is 22.9 Å². The van der Waals surface area contributed by atoms with E-state index in [1.807, 2.05) is 0 Å².